The number of ether oxygens (including phenoxy) is 2. The highest BCUT2D eigenvalue weighted by Crippen LogP contribution is 2.62. The fraction of sp³-hybridized carbons (Fsp3) is 0.571. The summed E-state index contributed by atoms with van der Waals surface area (Å²) in [4.78, 5) is 14.6. The third-order valence-electron chi connectivity index (χ3n) is 6.94. The maximum absolute atomic E-state index is 12.7. The van der Waals surface area contributed by atoms with E-state index in [-0.39, 0.29) is 23.7 Å². The van der Waals surface area contributed by atoms with Gasteiger partial charge in [0.05, 0.1) is 0 Å². The quantitative estimate of drug-likeness (QED) is 0.543. The molecule has 1 amide bonds. The first-order valence-corrected chi connectivity index (χ1v) is 9.94. The van der Waals surface area contributed by atoms with Gasteiger partial charge in [-0.25, -0.2) is 4.79 Å². The number of carbonyl (C=O) groups is 1. The van der Waals surface area contributed by atoms with E-state index < -0.39 is 5.56 Å². The summed E-state index contributed by atoms with van der Waals surface area (Å²) in [5, 5.41) is 0. The Bertz CT molecular complexity index is 833. The average molecular weight is 374 g/mol. The third kappa shape index (κ3) is 1.94. The summed E-state index contributed by atoms with van der Waals surface area (Å²) in [7, 11) is 0. The highest BCUT2D eigenvalue weighted by atomic mass is 35.5. The molecular formula is C21H24ClNO3. The van der Waals surface area contributed by atoms with Gasteiger partial charge in [-0.15, -0.1) is 0 Å². The van der Waals surface area contributed by atoms with Crippen LogP contribution in [0, 0.1) is 12.8 Å². The summed E-state index contributed by atoms with van der Waals surface area (Å²) in [6.45, 7) is 6.71. The number of likely N-dealkylation sites (tertiary alicyclic amines) is 1. The van der Waals surface area contributed by atoms with Crippen LogP contribution in [0.25, 0.3) is 0 Å². The molecule has 1 spiro atoms. The molecule has 0 aromatic heterocycles. The van der Waals surface area contributed by atoms with Crippen molar-refractivity contribution in [3.63, 3.8) is 0 Å². The largest absolute Gasteiger partial charge is 0.485 e. The first-order valence-electron chi connectivity index (χ1n) is 9.51. The van der Waals surface area contributed by atoms with Gasteiger partial charge in [0.2, 0.25) is 0 Å². The summed E-state index contributed by atoms with van der Waals surface area (Å²) >= 11 is 5.91. The maximum atomic E-state index is 12.7. The minimum absolute atomic E-state index is 0.00178. The van der Waals surface area contributed by atoms with Crippen molar-refractivity contribution in [2.75, 3.05) is 6.54 Å². The predicted molar refractivity (Wildman–Crippen MR) is 99.7 cm³/mol. The van der Waals surface area contributed by atoms with Gasteiger partial charge in [-0.05, 0) is 62.7 Å². The van der Waals surface area contributed by atoms with E-state index in [1.807, 2.05) is 4.90 Å². The van der Waals surface area contributed by atoms with Gasteiger partial charge in [-0.2, -0.15) is 0 Å². The second-order valence-electron chi connectivity index (χ2n) is 8.22. The molecule has 0 radical (unpaired) electrons. The standard InChI is InChI=1S/C21H24ClNO3/c1-11-4-6-14-10-16-15-7-5-12(2)19-21(15,17(14)18(11)26-19)8-9-23(16)20(24)25-13(3)22/h4-6,13,15-16,19H,7-10H2,1-3H3/t13?,15?,16?,19-,21-/m0/s1. The van der Waals surface area contributed by atoms with E-state index in [2.05, 4.69) is 32.1 Å². The van der Waals surface area contributed by atoms with Crippen molar-refractivity contribution in [3.8, 4) is 5.75 Å². The molecule has 0 saturated carbocycles. The van der Waals surface area contributed by atoms with Crippen molar-refractivity contribution in [2.24, 2.45) is 5.92 Å². The van der Waals surface area contributed by atoms with Gasteiger partial charge in [-0.3, -0.25) is 0 Å². The molecule has 5 rings (SSSR count). The topological polar surface area (TPSA) is 38.8 Å². The third-order valence-corrected chi connectivity index (χ3v) is 7.03. The average Bonchev–Trinajstić information content (AvgIpc) is 2.93. The molecule has 2 heterocycles. The number of nitrogens with zero attached hydrogens (tertiary/aromatic N) is 1. The number of hydrogen-bond acceptors (Lipinski definition) is 3. The number of piperidine rings is 1. The monoisotopic (exact) mass is 373 g/mol. The summed E-state index contributed by atoms with van der Waals surface area (Å²) in [6, 6.07) is 4.53. The lowest BCUT2D eigenvalue weighted by atomic mass is 9.52. The van der Waals surface area contributed by atoms with Gasteiger partial charge in [0.25, 0.3) is 0 Å². The molecule has 0 N–H and O–H groups in total. The first-order chi connectivity index (χ1) is 12.4. The van der Waals surface area contributed by atoms with E-state index in [1.165, 1.54) is 22.3 Å². The smallest absolute Gasteiger partial charge is 0.411 e. The molecule has 4 aliphatic rings. The minimum atomic E-state index is -0.612. The number of allylic oxidation sites excluding steroid dienone is 1. The molecular weight excluding hydrogens is 350 g/mol. The van der Waals surface area contributed by atoms with Gasteiger partial charge in [0.15, 0.2) is 5.56 Å². The van der Waals surface area contributed by atoms with Crippen molar-refractivity contribution in [1.82, 2.24) is 4.90 Å². The maximum Gasteiger partial charge on any atom is 0.411 e. The molecule has 138 valence electrons. The van der Waals surface area contributed by atoms with E-state index in [9.17, 15) is 4.79 Å². The predicted octanol–water partition coefficient (Wildman–Crippen LogP) is 4.31. The lowest BCUT2D eigenvalue weighted by Crippen LogP contribution is -2.65. The van der Waals surface area contributed by atoms with Crippen LogP contribution < -0.4 is 4.74 Å². The van der Waals surface area contributed by atoms with Crippen LogP contribution in [0.5, 0.6) is 5.75 Å². The lowest BCUT2D eigenvalue weighted by molar-refractivity contribution is -0.0207. The number of hydrogen-bond donors (Lipinski definition) is 0. The molecule has 26 heavy (non-hydrogen) atoms. The summed E-state index contributed by atoms with van der Waals surface area (Å²) < 4.78 is 11.9. The first kappa shape index (κ1) is 16.5. The van der Waals surface area contributed by atoms with Crippen molar-refractivity contribution >= 4 is 17.7 Å². The molecule has 4 nitrogen and oxygen atoms in total. The van der Waals surface area contributed by atoms with Gasteiger partial charge in [0, 0.05) is 23.6 Å². The number of rotatable bonds is 1. The van der Waals surface area contributed by atoms with Gasteiger partial charge in [0.1, 0.15) is 11.9 Å². The number of carbonyl (C=O) groups excluding carboxylic acids is 1. The van der Waals surface area contributed by atoms with Crippen LogP contribution in [0.4, 0.5) is 4.79 Å². The number of halogens is 1. The molecule has 2 bridgehead atoms. The Morgan fingerprint density at radius 1 is 1.42 bits per heavy atom. The Labute approximate surface area is 159 Å². The van der Waals surface area contributed by atoms with Gasteiger partial charge >= 0.3 is 6.09 Å². The fourth-order valence-electron chi connectivity index (χ4n) is 5.96. The Morgan fingerprint density at radius 2 is 2.23 bits per heavy atom. The van der Waals surface area contributed by atoms with Crippen LogP contribution in [0.2, 0.25) is 0 Å². The Hall–Kier alpha value is -1.68. The molecule has 1 aromatic carbocycles. The van der Waals surface area contributed by atoms with Crippen LogP contribution in [0.3, 0.4) is 0 Å². The molecule has 5 atom stereocenters. The van der Waals surface area contributed by atoms with E-state index in [4.69, 9.17) is 21.1 Å². The van der Waals surface area contributed by atoms with Crippen LogP contribution in [0.15, 0.2) is 23.8 Å². The van der Waals surface area contributed by atoms with E-state index in [0.717, 1.165) is 25.0 Å². The highest BCUT2D eigenvalue weighted by molar-refractivity contribution is 6.19. The second-order valence-corrected chi connectivity index (χ2v) is 8.83. The molecule has 3 unspecified atom stereocenters. The minimum Gasteiger partial charge on any atom is -0.485 e. The molecule has 1 aromatic rings. The molecule has 1 saturated heterocycles. The Morgan fingerprint density at radius 3 is 3.00 bits per heavy atom. The molecule has 2 aliphatic carbocycles. The van der Waals surface area contributed by atoms with Crippen LogP contribution in [-0.4, -0.2) is 35.2 Å². The number of benzene rings is 1. The lowest BCUT2D eigenvalue weighted by Gasteiger charge is -2.57. The Balaban J connectivity index is 1.65. The van der Waals surface area contributed by atoms with Crippen molar-refractivity contribution in [3.05, 3.63) is 40.5 Å². The molecule has 2 aliphatic heterocycles. The zero-order chi connectivity index (χ0) is 18.2. The number of aryl methyl sites for hydroxylation is 1. The van der Waals surface area contributed by atoms with E-state index in [0.29, 0.717) is 12.5 Å². The number of alkyl halides is 1. The summed E-state index contributed by atoms with van der Waals surface area (Å²) in [5.74, 6) is 1.47. The zero-order valence-corrected chi connectivity index (χ0v) is 16.2. The van der Waals surface area contributed by atoms with Gasteiger partial charge < -0.3 is 14.4 Å². The zero-order valence-electron chi connectivity index (χ0n) is 15.4. The number of amides is 1. The van der Waals surface area contributed by atoms with Crippen molar-refractivity contribution in [2.45, 2.75) is 63.2 Å². The van der Waals surface area contributed by atoms with Crippen LogP contribution in [-0.2, 0) is 16.6 Å². The van der Waals surface area contributed by atoms with Gasteiger partial charge in [-0.1, -0.05) is 29.8 Å². The molecule has 1 fully saturated rings. The summed E-state index contributed by atoms with van der Waals surface area (Å²) in [5.41, 5.74) is 4.70. The summed E-state index contributed by atoms with van der Waals surface area (Å²) in [6.07, 6.45) is 4.90. The SMILES string of the molecule is CC1=CCC2C3Cc4ccc(C)c5c4[C@@]2(CCN3C(=O)OC(C)Cl)[C@H]1O5. The van der Waals surface area contributed by atoms with Crippen molar-refractivity contribution < 1.29 is 14.3 Å². The Kier molecular flexibility index (Phi) is 3.43. The van der Waals surface area contributed by atoms with E-state index >= 15 is 0 Å². The second kappa shape index (κ2) is 5.41. The van der Waals surface area contributed by atoms with E-state index in [1.54, 1.807) is 6.92 Å². The van der Waals surface area contributed by atoms with Crippen LogP contribution in [0.1, 0.15) is 43.4 Å². The highest BCUT2D eigenvalue weighted by Gasteiger charge is 2.64. The van der Waals surface area contributed by atoms with Crippen LogP contribution >= 0.6 is 11.6 Å². The normalized spacial score (nSPS) is 34.5. The molecule has 5 heteroatoms. The fourth-order valence-corrected chi connectivity index (χ4v) is 6.04. The van der Waals surface area contributed by atoms with Crippen molar-refractivity contribution in [1.29, 1.82) is 0 Å².